The summed E-state index contributed by atoms with van der Waals surface area (Å²) in [5.41, 5.74) is 1.15. The molecule has 19 heavy (non-hydrogen) atoms. The van der Waals surface area contributed by atoms with Gasteiger partial charge in [0.2, 0.25) is 0 Å². The van der Waals surface area contributed by atoms with E-state index in [1.807, 2.05) is 30.3 Å². The summed E-state index contributed by atoms with van der Waals surface area (Å²) in [6, 6.07) is 13.9. The van der Waals surface area contributed by atoms with Crippen molar-refractivity contribution in [2.75, 3.05) is 5.32 Å². The molecule has 0 bridgehead atoms. The number of ether oxygens (including phenoxy) is 1. The van der Waals surface area contributed by atoms with Crippen molar-refractivity contribution in [1.82, 2.24) is 4.98 Å². The fourth-order valence-corrected chi connectivity index (χ4v) is 1.69. The van der Waals surface area contributed by atoms with E-state index < -0.39 is 0 Å². The zero-order valence-electron chi connectivity index (χ0n) is 11.7. The molecular weight excluding hydrogens is 236 g/mol. The van der Waals surface area contributed by atoms with Gasteiger partial charge in [0.05, 0.1) is 0 Å². The number of nitrogens with zero attached hydrogens (tertiary/aromatic N) is 1. The zero-order valence-corrected chi connectivity index (χ0v) is 11.7. The predicted octanol–water partition coefficient (Wildman–Crippen LogP) is 3.87. The van der Waals surface area contributed by atoms with Gasteiger partial charge in [0.1, 0.15) is 18.2 Å². The zero-order chi connectivity index (χ0) is 13.7. The third-order valence-corrected chi connectivity index (χ3v) is 2.48. The Morgan fingerprint density at radius 3 is 2.53 bits per heavy atom. The lowest BCUT2D eigenvalue weighted by Crippen LogP contribution is -2.26. The Bertz CT molecular complexity index is 518. The third kappa shape index (κ3) is 4.62. The number of aromatic nitrogens is 1. The first-order valence-corrected chi connectivity index (χ1v) is 6.44. The Labute approximate surface area is 114 Å². The molecule has 1 N–H and O–H groups in total. The molecule has 0 spiro atoms. The van der Waals surface area contributed by atoms with Crippen molar-refractivity contribution in [2.24, 2.45) is 0 Å². The summed E-state index contributed by atoms with van der Waals surface area (Å²) >= 11 is 0. The maximum absolute atomic E-state index is 5.77. The van der Waals surface area contributed by atoms with E-state index in [-0.39, 0.29) is 5.54 Å². The van der Waals surface area contributed by atoms with Crippen LogP contribution in [0.2, 0.25) is 0 Å². The predicted molar refractivity (Wildman–Crippen MR) is 78.4 cm³/mol. The fourth-order valence-electron chi connectivity index (χ4n) is 1.69. The monoisotopic (exact) mass is 256 g/mol. The quantitative estimate of drug-likeness (QED) is 0.901. The SMILES string of the molecule is CC(C)(C)Nc1cc(OCc2ccccc2)ccn1. The summed E-state index contributed by atoms with van der Waals surface area (Å²) in [6.07, 6.45) is 1.76. The van der Waals surface area contributed by atoms with E-state index in [1.54, 1.807) is 6.20 Å². The number of hydrogen-bond donors (Lipinski definition) is 1. The second-order valence-electron chi connectivity index (χ2n) is 5.53. The van der Waals surface area contributed by atoms with Gasteiger partial charge in [0, 0.05) is 17.8 Å². The number of pyridine rings is 1. The molecule has 0 radical (unpaired) electrons. The first-order chi connectivity index (χ1) is 9.03. The molecule has 2 aromatic rings. The molecule has 0 unspecified atom stereocenters. The molecule has 3 heteroatoms. The molecule has 1 aromatic carbocycles. The van der Waals surface area contributed by atoms with Crippen molar-refractivity contribution >= 4 is 5.82 Å². The molecule has 0 atom stereocenters. The van der Waals surface area contributed by atoms with Gasteiger partial charge in [-0.3, -0.25) is 0 Å². The van der Waals surface area contributed by atoms with Crippen molar-refractivity contribution < 1.29 is 4.74 Å². The van der Waals surface area contributed by atoms with E-state index in [0.29, 0.717) is 6.61 Å². The van der Waals surface area contributed by atoms with Crippen LogP contribution in [0.3, 0.4) is 0 Å². The maximum atomic E-state index is 5.77. The van der Waals surface area contributed by atoms with Crippen LogP contribution in [-0.4, -0.2) is 10.5 Å². The van der Waals surface area contributed by atoms with Gasteiger partial charge in [-0.1, -0.05) is 30.3 Å². The fraction of sp³-hybridized carbons (Fsp3) is 0.312. The topological polar surface area (TPSA) is 34.1 Å². The van der Waals surface area contributed by atoms with Gasteiger partial charge in [0.15, 0.2) is 0 Å². The molecule has 100 valence electrons. The maximum Gasteiger partial charge on any atom is 0.129 e. The van der Waals surface area contributed by atoms with Crippen LogP contribution in [0.5, 0.6) is 5.75 Å². The summed E-state index contributed by atoms with van der Waals surface area (Å²) in [5.74, 6) is 1.66. The molecule has 0 saturated heterocycles. The lowest BCUT2D eigenvalue weighted by atomic mass is 10.1. The largest absolute Gasteiger partial charge is 0.489 e. The van der Waals surface area contributed by atoms with Gasteiger partial charge in [-0.05, 0) is 32.4 Å². The van der Waals surface area contributed by atoms with E-state index in [9.17, 15) is 0 Å². The van der Waals surface area contributed by atoms with Crippen molar-refractivity contribution in [3.63, 3.8) is 0 Å². The van der Waals surface area contributed by atoms with Crippen LogP contribution >= 0.6 is 0 Å². The van der Waals surface area contributed by atoms with Crippen molar-refractivity contribution in [2.45, 2.75) is 32.9 Å². The lowest BCUT2D eigenvalue weighted by molar-refractivity contribution is 0.306. The first-order valence-electron chi connectivity index (χ1n) is 6.44. The summed E-state index contributed by atoms with van der Waals surface area (Å²) < 4.78 is 5.77. The second kappa shape index (κ2) is 5.74. The Morgan fingerprint density at radius 2 is 1.84 bits per heavy atom. The van der Waals surface area contributed by atoms with Crippen LogP contribution in [0.25, 0.3) is 0 Å². The first kappa shape index (κ1) is 13.4. The van der Waals surface area contributed by atoms with Gasteiger partial charge in [0.25, 0.3) is 0 Å². The van der Waals surface area contributed by atoms with Crippen molar-refractivity contribution in [3.8, 4) is 5.75 Å². The van der Waals surface area contributed by atoms with Crippen LogP contribution in [-0.2, 0) is 6.61 Å². The summed E-state index contributed by atoms with van der Waals surface area (Å²) in [6.45, 7) is 6.88. The van der Waals surface area contributed by atoms with Crippen molar-refractivity contribution in [1.29, 1.82) is 0 Å². The Kier molecular flexibility index (Phi) is 4.05. The van der Waals surface area contributed by atoms with Crippen LogP contribution in [0.1, 0.15) is 26.3 Å². The van der Waals surface area contributed by atoms with Crippen LogP contribution in [0.15, 0.2) is 48.7 Å². The standard InChI is InChI=1S/C16H20N2O/c1-16(2,3)18-15-11-14(9-10-17-15)19-12-13-7-5-4-6-8-13/h4-11H,12H2,1-3H3,(H,17,18). The van der Waals surface area contributed by atoms with Gasteiger partial charge in [-0.25, -0.2) is 4.98 Å². The molecule has 0 amide bonds. The minimum absolute atomic E-state index is 0.00888. The number of hydrogen-bond acceptors (Lipinski definition) is 3. The Hall–Kier alpha value is -2.03. The number of anilines is 1. The Balaban J connectivity index is 1.99. The van der Waals surface area contributed by atoms with Crippen molar-refractivity contribution in [3.05, 3.63) is 54.2 Å². The van der Waals surface area contributed by atoms with E-state index in [2.05, 4.69) is 43.2 Å². The molecule has 0 fully saturated rings. The molecule has 1 aromatic heterocycles. The average molecular weight is 256 g/mol. The molecular formula is C16H20N2O. The highest BCUT2D eigenvalue weighted by molar-refractivity contribution is 5.42. The van der Waals surface area contributed by atoms with E-state index in [4.69, 9.17) is 4.74 Å². The van der Waals surface area contributed by atoms with Gasteiger partial charge in [-0.2, -0.15) is 0 Å². The molecule has 0 aliphatic carbocycles. The molecule has 1 heterocycles. The summed E-state index contributed by atoms with van der Waals surface area (Å²) in [7, 11) is 0. The number of rotatable bonds is 4. The van der Waals surface area contributed by atoms with Gasteiger partial charge >= 0.3 is 0 Å². The number of nitrogens with one attached hydrogen (secondary N) is 1. The lowest BCUT2D eigenvalue weighted by Gasteiger charge is -2.21. The molecule has 0 aliphatic rings. The highest BCUT2D eigenvalue weighted by atomic mass is 16.5. The Morgan fingerprint density at radius 1 is 1.11 bits per heavy atom. The average Bonchev–Trinajstić information content (AvgIpc) is 2.36. The molecule has 0 aliphatic heterocycles. The normalized spacial score (nSPS) is 11.1. The minimum Gasteiger partial charge on any atom is -0.489 e. The minimum atomic E-state index is -0.00888. The highest BCUT2D eigenvalue weighted by Gasteiger charge is 2.10. The van der Waals surface area contributed by atoms with Crippen LogP contribution < -0.4 is 10.1 Å². The summed E-state index contributed by atoms with van der Waals surface area (Å²) in [5, 5.41) is 3.33. The van der Waals surface area contributed by atoms with E-state index >= 15 is 0 Å². The van der Waals surface area contributed by atoms with Crippen LogP contribution in [0.4, 0.5) is 5.82 Å². The second-order valence-corrected chi connectivity index (χ2v) is 5.53. The van der Waals surface area contributed by atoms with E-state index in [0.717, 1.165) is 17.1 Å². The van der Waals surface area contributed by atoms with Crippen LogP contribution in [0, 0.1) is 0 Å². The van der Waals surface area contributed by atoms with Gasteiger partial charge in [-0.15, -0.1) is 0 Å². The molecule has 2 rings (SSSR count). The molecule has 0 saturated carbocycles. The highest BCUT2D eigenvalue weighted by Crippen LogP contribution is 2.19. The van der Waals surface area contributed by atoms with Gasteiger partial charge < -0.3 is 10.1 Å². The smallest absolute Gasteiger partial charge is 0.129 e. The third-order valence-electron chi connectivity index (χ3n) is 2.48. The summed E-state index contributed by atoms with van der Waals surface area (Å²) in [4.78, 5) is 4.29. The molecule has 3 nitrogen and oxygen atoms in total. The number of benzene rings is 1. The van der Waals surface area contributed by atoms with E-state index in [1.165, 1.54) is 0 Å².